The quantitative estimate of drug-likeness (QED) is 0.0718. The SMILES string of the molecule is CN(Cc1ccccc1)c1ccc([N+](=O)[O-])c(CCCCC(=O)NCc2ccc(-c3ccccc3C(=O)OC(C)(C)C)cc2)c1. The van der Waals surface area contributed by atoms with Gasteiger partial charge < -0.3 is 15.0 Å². The van der Waals surface area contributed by atoms with Crippen molar-refractivity contribution in [3.8, 4) is 11.1 Å². The number of esters is 1. The molecule has 0 bridgehead atoms. The van der Waals surface area contributed by atoms with Crippen LogP contribution in [0.2, 0.25) is 0 Å². The number of ether oxygens (including phenoxy) is 1. The standard InChI is InChI=1S/C37H41N3O5/c1-37(2,3)45-36(42)33-16-10-9-15-32(33)29-20-18-27(19-21-29)25-38-35(41)17-11-8-14-30-24-31(22-23-34(30)40(43)44)39(4)26-28-12-6-5-7-13-28/h5-7,9-10,12-13,15-16,18-24H,8,11,14,17,25-26H2,1-4H3,(H,38,41). The van der Waals surface area contributed by atoms with Crippen LogP contribution in [-0.4, -0.2) is 29.4 Å². The molecule has 0 aliphatic carbocycles. The van der Waals surface area contributed by atoms with Gasteiger partial charge in [0.25, 0.3) is 5.69 Å². The number of nitrogens with one attached hydrogen (secondary N) is 1. The van der Waals surface area contributed by atoms with Crippen molar-refractivity contribution in [3.63, 3.8) is 0 Å². The molecule has 0 unspecified atom stereocenters. The van der Waals surface area contributed by atoms with Gasteiger partial charge in [-0.2, -0.15) is 0 Å². The molecule has 0 atom stereocenters. The normalized spacial score (nSPS) is 11.1. The van der Waals surface area contributed by atoms with Crippen molar-refractivity contribution in [2.24, 2.45) is 0 Å². The smallest absolute Gasteiger partial charge is 0.339 e. The molecule has 1 amide bonds. The number of nitrogens with zero attached hydrogens (tertiary/aromatic N) is 2. The van der Waals surface area contributed by atoms with Gasteiger partial charge in [0, 0.05) is 43.9 Å². The van der Waals surface area contributed by atoms with E-state index in [0.717, 1.165) is 27.9 Å². The Hall–Kier alpha value is -4.98. The molecule has 8 nitrogen and oxygen atoms in total. The predicted octanol–water partition coefficient (Wildman–Crippen LogP) is 7.88. The zero-order valence-electron chi connectivity index (χ0n) is 26.4. The fourth-order valence-electron chi connectivity index (χ4n) is 5.07. The van der Waals surface area contributed by atoms with Gasteiger partial charge in [-0.15, -0.1) is 0 Å². The number of carbonyl (C=O) groups excluding carboxylic acids is 2. The summed E-state index contributed by atoms with van der Waals surface area (Å²) in [4.78, 5) is 38.7. The molecule has 234 valence electrons. The first-order chi connectivity index (χ1) is 21.5. The van der Waals surface area contributed by atoms with Crippen molar-refractivity contribution in [2.75, 3.05) is 11.9 Å². The first-order valence-corrected chi connectivity index (χ1v) is 15.2. The summed E-state index contributed by atoms with van der Waals surface area (Å²) in [6, 6.07) is 30.4. The largest absolute Gasteiger partial charge is 0.456 e. The van der Waals surface area contributed by atoms with Crippen molar-refractivity contribution in [2.45, 2.75) is 65.1 Å². The maximum atomic E-state index is 12.7. The first kappa shape index (κ1) is 32.9. The van der Waals surface area contributed by atoms with Crippen LogP contribution in [-0.2, 0) is 29.0 Å². The van der Waals surface area contributed by atoms with Gasteiger partial charge in [-0.3, -0.25) is 14.9 Å². The molecule has 0 saturated heterocycles. The van der Waals surface area contributed by atoms with Crippen LogP contribution in [0.1, 0.15) is 67.1 Å². The van der Waals surface area contributed by atoms with Gasteiger partial charge in [-0.25, -0.2) is 4.79 Å². The number of carbonyl (C=O) groups is 2. The summed E-state index contributed by atoms with van der Waals surface area (Å²) >= 11 is 0. The number of nitro groups is 1. The molecule has 1 N–H and O–H groups in total. The van der Waals surface area contributed by atoms with Gasteiger partial charge >= 0.3 is 5.97 Å². The van der Waals surface area contributed by atoms with Crippen molar-refractivity contribution in [1.29, 1.82) is 0 Å². The van der Waals surface area contributed by atoms with E-state index >= 15 is 0 Å². The lowest BCUT2D eigenvalue weighted by Gasteiger charge is -2.20. The van der Waals surface area contributed by atoms with E-state index in [4.69, 9.17) is 4.74 Å². The highest BCUT2D eigenvalue weighted by Gasteiger charge is 2.21. The molecule has 0 aliphatic heterocycles. The molecule has 8 heteroatoms. The fraction of sp³-hybridized carbons (Fsp3) is 0.297. The number of benzene rings is 4. The lowest BCUT2D eigenvalue weighted by Crippen LogP contribution is -2.24. The second-order valence-corrected chi connectivity index (χ2v) is 12.1. The van der Waals surface area contributed by atoms with Gasteiger partial charge in [-0.05, 0) is 80.5 Å². The van der Waals surface area contributed by atoms with Gasteiger partial charge in [-0.1, -0.05) is 72.8 Å². The molecule has 0 radical (unpaired) electrons. The van der Waals surface area contributed by atoms with E-state index in [0.29, 0.717) is 49.9 Å². The number of hydrogen-bond acceptors (Lipinski definition) is 6. The molecular formula is C37H41N3O5. The minimum Gasteiger partial charge on any atom is -0.456 e. The average molecular weight is 608 g/mol. The second-order valence-electron chi connectivity index (χ2n) is 12.1. The summed E-state index contributed by atoms with van der Waals surface area (Å²) in [6.45, 7) is 6.60. The zero-order chi connectivity index (χ0) is 32.4. The lowest BCUT2D eigenvalue weighted by atomic mass is 9.98. The molecule has 45 heavy (non-hydrogen) atoms. The van der Waals surface area contributed by atoms with E-state index in [1.54, 1.807) is 18.2 Å². The number of rotatable bonds is 13. The van der Waals surface area contributed by atoms with Crippen LogP contribution in [0.15, 0.2) is 97.1 Å². The lowest BCUT2D eigenvalue weighted by molar-refractivity contribution is -0.385. The second kappa shape index (κ2) is 15.1. The fourth-order valence-corrected chi connectivity index (χ4v) is 5.07. The predicted molar refractivity (Wildman–Crippen MR) is 178 cm³/mol. The van der Waals surface area contributed by atoms with Gasteiger partial charge in [0.05, 0.1) is 10.5 Å². The Labute approximate surface area is 265 Å². The highest BCUT2D eigenvalue weighted by atomic mass is 16.6. The maximum Gasteiger partial charge on any atom is 0.339 e. The number of anilines is 1. The van der Waals surface area contributed by atoms with E-state index in [9.17, 15) is 19.7 Å². The Morgan fingerprint density at radius 3 is 2.24 bits per heavy atom. The number of hydrogen-bond donors (Lipinski definition) is 1. The van der Waals surface area contributed by atoms with E-state index in [2.05, 4.69) is 22.3 Å². The monoisotopic (exact) mass is 607 g/mol. The van der Waals surface area contributed by atoms with E-state index in [-0.39, 0.29) is 22.5 Å². The summed E-state index contributed by atoms with van der Waals surface area (Å²) < 4.78 is 5.57. The van der Waals surface area contributed by atoms with Crippen molar-refractivity contribution in [3.05, 3.63) is 129 Å². The molecular weight excluding hydrogens is 566 g/mol. The van der Waals surface area contributed by atoms with Crippen LogP contribution in [0.25, 0.3) is 11.1 Å². The van der Waals surface area contributed by atoms with Crippen LogP contribution in [0, 0.1) is 10.1 Å². The van der Waals surface area contributed by atoms with Gasteiger partial charge in [0.2, 0.25) is 5.91 Å². The number of unbranched alkanes of at least 4 members (excludes halogenated alkanes) is 1. The summed E-state index contributed by atoms with van der Waals surface area (Å²) in [5.74, 6) is -0.438. The summed E-state index contributed by atoms with van der Waals surface area (Å²) in [5.41, 5.74) is 5.38. The van der Waals surface area contributed by atoms with Gasteiger partial charge in [0.15, 0.2) is 0 Å². The molecule has 0 heterocycles. The third-order valence-electron chi connectivity index (χ3n) is 7.36. The Kier molecular flexibility index (Phi) is 11.1. The third-order valence-corrected chi connectivity index (χ3v) is 7.36. The number of nitro benzene ring substituents is 1. The minimum atomic E-state index is -0.588. The molecule has 0 spiro atoms. The van der Waals surface area contributed by atoms with Crippen LogP contribution in [0.4, 0.5) is 11.4 Å². The van der Waals surface area contributed by atoms with Crippen molar-refractivity contribution < 1.29 is 19.2 Å². The molecule has 0 saturated carbocycles. The Morgan fingerprint density at radius 1 is 0.867 bits per heavy atom. The van der Waals surface area contributed by atoms with Gasteiger partial charge in [0.1, 0.15) is 5.60 Å². The minimum absolute atomic E-state index is 0.0693. The van der Waals surface area contributed by atoms with Crippen LogP contribution in [0.3, 0.4) is 0 Å². The molecule has 0 fully saturated rings. The molecule has 0 aromatic heterocycles. The topological polar surface area (TPSA) is 102 Å². The molecule has 4 rings (SSSR count). The third kappa shape index (κ3) is 9.76. The van der Waals surface area contributed by atoms with Crippen LogP contribution < -0.4 is 10.2 Å². The van der Waals surface area contributed by atoms with Crippen LogP contribution >= 0.6 is 0 Å². The molecule has 0 aliphatic rings. The first-order valence-electron chi connectivity index (χ1n) is 15.2. The Balaban J connectivity index is 1.27. The maximum absolute atomic E-state index is 12.7. The summed E-state index contributed by atoms with van der Waals surface area (Å²) in [5, 5.41) is 14.6. The summed E-state index contributed by atoms with van der Waals surface area (Å²) in [7, 11) is 1.97. The van der Waals surface area contributed by atoms with E-state index < -0.39 is 5.60 Å². The van der Waals surface area contributed by atoms with Crippen molar-refractivity contribution >= 4 is 23.3 Å². The Bertz CT molecular complexity index is 1610. The van der Waals surface area contributed by atoms with Crippen LogP contribution in [0.5, 0.6) is 0 Å². The van der Waals surface area contributed by atoms with E-state index in [1.807, 2.05) is 94.5 Å². The number of aryl methyl sites for hydroxylation is 1. The Morgan fingerprint density at radius 2 is 1.56 bits per heavy atom. The highest BCUT2D eigenvalue weighted by molar-refractivity contribution is 5.97. The molecule has 4 aromatic carbocycles. The molecule has 4 aromatic rings. The number of amides is 1. The highest BCUT2D eigenvalue weighted by Crippen LogP contribution is 2.28. The average Bonchev–Trinajstić information content (AvgIpc) is 3.02. The summed E-state index contributed by atoms with van der Waals surface area (Å²) in [6.07, 6.45) is 2.13. The zero-order valence-corrected chi connectivity index (χ0v) is 26.4. The van der Waals surface area contributed by atoms with E-state index in [1.165, 1.54) is 0 Å². The van der Waals surface area contributed by atoms with Crippen molar-refractivity contribution in [1.82, 2.24) is 5.32 Å².